The molecule has 30 heavy (non-hydrogen) atoms. The summed E-state index contributed by atoms with van der Waals surface area (Å²) in [5.74, 6) is -0.469. The first-order valence-electron chi connectivity index (χ1n) is 9.88. The number of amides is 1. The minimum Gasteiger partial charge on any atom is -0.423 e. The molecule has 1 N–H and O–H groups in total. The first-order valence-corrected chi connectivity index (χ1v) is 9.88. The first kappa shape index (κ1) is 22.7. The molecule has 0 aliphatic rings. The van der Waals surface area contributed by atoms with Crippen molar-refractivity contribution in [3.8, 4) is 5.75 Å². The van der Waals surface area contributed by atoms with Gasteiger partial charge in [-0.2, -0.15) is 5.10 Å². The summed E-state index contributed by atoms with van der Waals surface area (Å²) in [4.78, 5) is 34.1. The molecule has 158 valence electrons. The Kier molecular flexibility index (Phi) is 9.18. The van der Waals surface area contributed by atoms with Crippen LogP contribution in [0, 0.1) is 10.1 Å². The van der Waals surface area contributed by atoms with E-state index in [0.717, 1.165) is 19.3 Å². The van der Waals surface area contributed by atoms with Crippen LogP contribution in [0.2, 0.25) is 0 Å². The molecular formula is C22H25N3O5. The number of carbonyl (C=O) groups excluding carboxylic acids is 2. The molecule has 0 fully saturated rings. The van der Waals surface area contributed by atoms with Crippen molar-refractivity contribution in [2.75, 3.05) is 0 Å². The van der Waals surface area contributed by atoms with Crippen LogP contribution in [0.4, 0.5) is 5.69 Å². The van der Waals surface area contributed by atoms with Crippen LogP contribution in [0.25, 0.3) is 0 Å². The van der Waals surface area contributed by atoms with Crippen molar-refractivity contribution in [3.05, 3.63) is 69.8 Å². The predicted octanol–water partition coefficient (Wildman–Crippen LogP) is 4.62. The minimum absolute atomic E-state index is 0.104. The molecule has 0 aromatic heterocycles. The van der Waals surface area contributed by atoms with E-state index in [1.807, 2.05) is 0 Å². The molecule has 0 saturated carbocycles. The number of hydrogen-bond acceptors (Lipinski definition) is 6. The van der Waals surface area contributed by atoms with Gasteiger partial charge in [-0.3, -0.25) is 14.9 Å². The van der Waals surface area contributed by atoms with E-state index in [-0.39, 0.29) is 17.2 Å². The van der Waals surface area contributed by atoms with Crippen molar-refractivity contribution >= 4 is 23.8 Å². The summed E-state index contributed by atoms with van der Waals surface area (Å²) in [6, 6.07) is 11.8. The highest BCUT2D eigenvalue weighted by atomic mass is 16.6. The number of carbonyl (C=O) groups is 2. The second-order valence-electron chi connectivity index (χ2n) is 6.72. The second kappa shape index (κ2) is 12.1. The monoisotopic (exact) mass is 411 g/mol. The average molecular weight is 411 g/mol. The fourth-order valence-electron chi connectivity index (χ4n) is 2.67. The van der Waals surface area contributed by atoms with E-state index in [2.05, 4.69) is 17.5 Å². The Balaban J connectivity index is 1.85. The summed E-state index contributed by atoms with van der Waals surface area (Å²) >= 11 is 0. The lowest BCUT2D eigenvalue weighted by atomic mass is 10.1. The Morgan fingerprint density at radius 2 is 1.83 bits per heavy atom. The number of non-ortho nitro benzene ring substituents is 1. The van der Waals surface area contributed by atoms with Crippen molar-refractivity contribution in [1.29, 1.82) is 0 Å². The molecule has 2 aromatic carbocycles. The summed E-state index contributed by atoms with van der Waals surface area (Å²) in [7, 11) is 0. The standard InChI is InChI=1S/C22H25N3O5/c1-2-3-4-5-6-10-21(26)24-23-16-17-8-7-9-20(15-17)30-22(27)18-11-13-19(14-12-18)25(28)29/h7-9,11-16H,2-6,10H2,1H3,(H,24,26). The van der Waals surface area contributed by atoms with Gasteiger partial charge in [-0.05, 0) is 36.2 Å². The lowest BCUT2D eigenvalue weighted by Crippen LogP contribution is -2.16. The van der Waals surface area contributed by atoms with Gasteiger partial charge in [0.25, 0.3) is 5.69 Å². The molecule has 0 saturated heterocycles. The normalized spacial score (nSPS) is 10.7. The Morgan fingerprint density at radius 1 is 1.10 bits per heavy atom. The molecule has 0 spiro atoms. The number of rotatable bonds is 11. The Hall–Kier alpha value is -3.55. The second-order valence-corrected chi connectivity index (χ2v) is 6.72. The number of nitrogens with zero attached hydrogens (tertiary/aromatic N) is 2. The van der Waals surface area contributed by atoms with E-state index >= 15 is 0 Å². The summed E-state index contributed by atoms with van der Waals surface area (Å²) < 4.78 is 5.30. The van der Waals surface area contributed by atoms with Gasteiger partial charge in [0.1, 0.15) is 5.75 Å². The van der Waals surface area contributed by atoms with Crippen LogP contribution in [0.3, 0.4) is 0 Å². The highest BCUT2D eigenvalue weighted by Crippen LogP contribution is 2.16. The quantitative estimate of drug-likeness (QED) is 0.145. The lowest BCUT2D eigenvalue weighted by Gasteiger charge is -2.05. The number of nitrogens with one attached hydrogen (secondary N) is 1. The van der Waals surface area contributed by atoms with Gasteiger partial charge in [-0.1, -0.05) is 44.7 Å². The highest BCUT2D eigenvalue weighted by Gasteiger charge is 2.11. The molecule has 0 radical (unpaired) electrons. The number of unbranched alkanes of at least 4 members (excludes halogenated alkanes) is 4. The predicted molar refractivity (Wildman–Crippen MR) is 114 cm³/mol. The molecule has 2 rings (SSSR count). The molecule has 0 aliphatic carbocycles. The maximum atomic E-state index is 12.2. The zero-order chi connectivity index (χ0) is 21.8. The molecule has 0 heterocycles. The molecule has 1 amide bonds. The van der Waals surface area contributed by atoms with Gasteiger partial charge >= 0.3 is 5.97 Å². The Labute approximate surface area is 175 Å². The van der Waals surface area contributed by atoms with Crippen LogP contribution in [0.5, 0.6) is 5.75 Å². The van der Waals surface area contributed by atoms with Gasteiger partial charge < -0.3 is 4.74 Å². The van der Waals surface area contributed by atoms with Crippen LogP contribution in [-0.4, -0.2) is 23.0 Å². The van der Waals surface area contributed by atoms with E-state index in [1.54, 1.807) is 24.3 Å². The molecule has 0 unspecified atom stereocenters. The van der Waals surface area contributed by atoms with Crippen LogP contribution >= 0.6 is 0 Å². The van der Waals surface area contributed by atoms with Crippen molar-refractivity contribution < 1.29 is 19.2 Å². The van der Waals surface area contributed by atoms with Gasteiger partial charge in [0.15, 0.2) is 0 Å². The summed E-state index contributed by atoms with van der Waals surface area (Å²) in [5.41, 5.74) is 3.23. The number of benzene rings is 2. The molecule has 8 nitrogen and oxygen atoms in total. The molecule has 0 atom stereocenters. The number of hydrazone groups is 1. The highest BCUT2D eigenvalue weighted by molar-refractivity contribution is 5.91. The van der Waals surface area contributed by atoms with Gasteiger partial charge in [0.2, 0.25) is 5.91 Å². The van der Waals surface area contributed by atoms with Gasteiger partial charge in [0, 0.05) is 18.6 Å². The van der Waals surface area contributed by atoms with E-state index in [4.69, 9.17) is 4.74 Å². The van der Waals surface area contributed by atoms with Crippen LogP contribution in [-0.2, 0) is 4.79 Å². The lowest BCUT2D eigenvalue weighted by molar-refractivity contribution is -0.384. The topological polar surface area (TPSA) is 111 Å². The van der Waals surface area contributed by atoms with E-state index < -0.39 is 10.9 Å². The van der Waals surface area contributed by atoms with Crippen LogP contribution in [0.1, 0.15) is 61.4 Å². The fraction of sp³-hybridized carbons (Fsp3) is 0.318. The molecule has 8 heteroatoms. The summed E-state index contributed by atoms with van der Waals surface area (Å²) in [5, 5.41) is 14.6. The zero-order valence-corrected chi connectivity index (χ0v) is 16.9. The number of esters is 1. The molecular weight excluding hydrogens is 386 g/mol. The smallest absolute Gasteiger partial charge is 0.343 e. The Morgan fingerprint density at radius 3 is 2.53 bits per heavy atom. The maximum Gasteiger partial charge on any atom is 0.343 e. The molecule has 0 aliphatic heterocycles. The van der Waals surface area contributed by atoms with E-state index in [1.165, 1.54) is 43.3 Å². The Bertz CT molecular complexity index is 894. The third-order valence-corrected chi connectivity index (χ3v) is 4.29. The zero-order valence-electron chi connectivity index (χ0n) is 16.9. The third kappa shape index (κ3) is 7.83. The van der Waals surface area contributed by atoms with E-state index in [9.17, 15) is 19.7 Å². The number of hydrogen-bond donors (Lipinski definition) is 1. The number of nitro benzene ring substituents is 1. The van der Waals surface area contributed by atoms with Crippen molar-refractivity contribution in [1.82, 2.24) is 5.43 Å². The summed E-state index contributed by atoms with van der Waals surface area (Å²) in [6.45, 7) is 2.15. The van der Waals surface area contributed by atoms with Crippen molar-refractivity contribution in [3.63, 3.8) is 0 Å². The summed E-state index contributed by atoms with van der Waals surface area (Å²) in [6.07, 6.45) is 7.27. The largest absolute Gasteiger partial charge is 0.423 e. The van der Waals surface area contributed by atoms with Crippen LogP contribution < -0.4 is 10.2 Å². The van der Waals surface area contributed by atoms with E-state index in [0.29, 0.717) is 17.7 Å². The average Bonchev–Trinajstić information content (AvgIpc) is 2.74. The van der Waals surface area contributed by atoms with Crippen LogP contribution in [0.15, 0.2) is 53.6 Å². The van der Waals surface area contributed by atoms with Crippen molar-refractivity contribution in [2.45, 2.75) is 45.4 Å². The minimum atomic E-state index is -0.629. The van der Waals surface area contributed by atoms with Gasteiger partial charge in [0.05, 0.1) is 16.7 Å². The van der Waals surface area contributed by atoms with Crippen molar-refractivity contribution in [2.24, 2.45) is 5.10 Å². The molecule has 2 aromatic rings. The molecule has 0 bridgehead atoms. The number of nitro groups is 1. The maximum absolute atomic E-state index is 12.2. The fourth-order valence-corrected chi connectivity index (χ4v) is 2.67. The van der Waals surface area contributed by atoms with Gasteiger partial charge in [-0.25, -0.2) is 10.2 Å². The number of ether oxygens (including phenoxy) is 1. The SMILES string of the molecule is CCCCCCCC(=O)NN=Cc1cccc(OC(=O)c2ccc([N+](=O)[O-])cc2)c1. The van der Waals surface area contributed by atoms with Gasteiger partial charge in [-0.15, -0.1) is 0 Å². The third-order valence-electron chi connectivity index (χ3n) is 4.29. The first-order chi connectivity index (χ1) is 14.5.